The molecule has 0 aliphatic carbocycles. The van der Waals surface area contributed by atoms with Crippen molar-refractivity contribution in [1.29, 1.82) is 0 Å². The van der Waals surface area contributed by atoms with E-state index in [-0.39, 0.29) is 5.02 Å². The Hall–Kier alpha value is -0.300. The molecule has 1 atom stereocenters. The van der Waals surface area contributed by atoms with E-state index >= 15 is 0 Å². The van der Waals surface area contributed by atoms with Crippen LogP contribution in [-0.2, 0) is 0 Å². The van der Waals surface area contributed by atoms with Crippen molar-refractivity contribution in [2.75, 3.05) is 0 Å². The van der Waals surface area contributed by atoms with Crippen molar-refractivity contribution in [3.8, 4) is 0 Å². The average molecular weight is 328 g/mol. The molecule has 1 nitrogen and oxygen atoms in total. The number of rotatable bonds is 2. The van der Waals surface area contributed by atoms with Gasteiger partial charge in [0.1, 0.15) is 6.04 Å². The molecule has 1 rings (SSSR count). The van der Waals surface area contributed by atoms with E-state index in [2.05, 4.69) is 0 Å². The van der Waals surface area contributed by atoms with E-state index in [0.29, 0.717) is 0 Å². The molecule has 0 fully saturated rings. The second-order valence-corrected chi connectivity index (χ2v) is 4.55. The van der Waals surface area contributed by atoms with Gasteiger partial charge in [0.15, 0.2) is 0 Å². The molecule has 0 saturated carbocycles. The third-order valence-electron chi connectivity index (χ3n) is 2.16. The maximum absolute atomic E-state index is 13.1. The summed E-state index contributed by atoms with van der Waals surface area (Å²) < 4.78 is 62.7. The number of hydrogen-bond acceptors (Lipinski definition) is 1. The fraction of sp³-hybridized carbons (Fsp3) is 0.333. The van der Waals surface area contributed by atoms with Gasteiger partial charge in [0.25, 0.3) is 0 Å². The first-order valence-electron chi connectivity index (χ1n) is 4.33. The second kappa shape index (κ2) is 5.00. The van der Waals surface area contributed by atoms with E-state index in [0.717, 1.165) is 12.1 Å². The largest absolute Gasteiger partial charge is 0.455 e. The molecular weight excluding hydrogens is 323 g/mol. The van der Waals surface area contributed by atoms with Gasteiger partial charge < -0.3 is 5.73 Å². The summed E-state index contributed by atoms with van der Waals surface area (Å²) >= 11 is 16.6. The standard InChI is InChI=1S/C9H5Cl3F5N/c10-3-1-2-4(11)6(12)5(3)7(18)8(13,14)9(15,16)17/h1-2,7H,18H2/t7-/m0/s1. The Kier molecular flexibility index (Phi) is 4.37. The minimum absolute atomic E-state index is 0.218. The van der Waals surface area contributed by atoms with E-state index in [4.69, 9.17) is 40.5 Å². The van der Waals surface area contributed by atoms with E-state index in [1.165, 1.54) is 0 Å². The van der Waals surface area contributed by atoms with Gasteiger partial charge in [-0.1, -0.05) is 34.8 Å². The Labute approximate surface area is 114 Å². The summed E-state index contributed by atoms with van der Waals surface area (Å²) in [5, 5.41) is -1.16. The Bertz CT molecular complexity index is 460. The number of alkyl halides is 5. The number of nitrogens with two attached hydrogens (primary N) is 1. The number of hydrogen-bond donors (Lipinski definition) is 1. The molecule has 0 radical (unpaired) electrons. The molecule has 2 N–H and O–H groups in total. The molecule has 1 aromatic carbocycles. The summed E-state index contributed by atoms with van der Waals surface area (Å²) in [6.07, 6.45) is -5.82. The molecule has 0 spiro atoms. The predicted molar refractivity (Wildman–Crippen MR) is 59.4 cm³/mol. The molecule has 18 heavy (non-hydrogen) atoms. The monoisotopic (exact) mass is 327 g/mol. The van der Waals surface area contributed by atoms with Gasteiger partial charge in [-0.2, -0.15) is 22.0 Å². The van der Waals surface area contributed by atoms with Gasteiger partial charge in [-0.3, -0.25) is 0 Å². The van der Waals surface area contributed by atoms with Crippen molar-refractivity contribution in [2.24, 2.45) is 5.73 Å². The van der Waals surface area contributed by atoms with E-state index in [1.807, 2.05) is 0 Å². The number of halogens is 8. The smallest absolute Gasteiger partial charge is 0.319 e. The first kappa shape index (κ1) is 15.8. The molecule has 0 bridgehead atoms. The molecule has 0 aliphatic rings. The Morgan fingerprint density at radius 1 is 0.944 bits per heavy atom. The van der Waals surface area contributed by atoms with Crippen LogP contribution < -0.4 is 5.73 Å². The lowest BCUT2D eigenvalue weighted by Gasteiger charge is -2.27. The highest BCUT2D eigenvalue weighted by Gasteiger charge is 2.62. The van der Waals surface area contributed by atoms with Crippen molar-refractivity contribution < 1.29 is 22.0 Å². The third-order valence-corrected chi connectivity index (χ3v) is 3.31. The Balaban J connectivity index is 3.36. The van der Waals surface area contributed by atoms with Crippen LogP contribution in [0.5, 0.6) is 0 Å². The van der Waals surface area contributed by atoms with Crippen LogP contribution in [0, 0.1) is 0 Å². The fourth-order valence-electron chi connectivity index (χ4n) is 1.19. The molecule has 0 unspecified atom stereocenters. The lowest BCUT2D eigenvalue weighted by atomic mass is 10.0. The van der Waals surface area contributed by atoms with Crippen LogP contribution in [0.4, 0.5) is 22.0 Å². The van der Waals surface area contributed by atoms with Gasteiger partial charge in [-0.05, 0) is 12.1 Å². The highest BCUT2D eigenvalue weighted by molar-refractivity contribution is 6.44. The van der Waals surface area contributed by atoms with Crippen molar-refractivity contribution in [3.63, 3.8) is 0 Å². The topological polar surface area (TPSA) is 26.0 Å². The second-order valence-electron chi connectivity index (χ2n) is 3.36. The minimum atomic E-state index is -5.82. The lowest BCUT2D eigenvalue weighted by Crippen LogP contribution is -2.46. The minimum Gasteiger partial charge on any atom is -0.319 e. The van der Waals surface area contributed by atoms with Crippen LogP contribution in [-0.4, -0.2) is 12.1 Å². The van der Waals surface area contributed by atoms with E-state index < -0.39 is 33.7 Å². The summed E-state index contributed by atoms with van der Waals surface area (Å²) in [5.41, 5.74) is 4.19. The first-order valence-corrected chi connectivity index (χ1v) is 5.47. The summed E-state index contributed by atoms with van der Waals surface area (Å²) in [6, 6.07) is -0.540. The molecule has 9 heteroatoms. The molecule has 1 aromatic rings. The van der Waals surface area contributed by atoms with Gasteiger partial charge in [0.05, 0.1) is 10.0 Å². The van der Waals surface area contributed by atoms with Crippen LogP contribution >= 0.6 is 34.8 Å². The van der Waals surface area contributed by atoms with Crippen molar-refractivity contribution in [1.82, 2.24) is 0 Å². The van der Waals surface area contributed by atoms with Crippen LogP contribution in [0.15, 0.2) is 12.1 Å². The van der Waals surface area contributed by atoms with Gasteiger partial charge in [-0.25, -0.2) is 0 Å². The Morgan fingerprint density at radius 3 is 1.83 bits per heavy atom. The zero-order chi connectivity index (χ0) is 14.3. The highest BCUT2D eigenvalue weighted by Crippen LogP contribution is 2.47. The average Bonchev–Trinajstić information content (AvgIpc) is 2.22. The zero-order valence-electron chi connectivity index (χ0n) is 8.33. The highest BCUT2D eigenvalue weighted by atomic mass is 35.5. The quantitative estimate of drug-likeness (QED) is 0.610. The predicted octanol–water partition coefficient (Wildman–Crippen LogP) is 4.84. The van der Waals surface area contributed by atoms with Crippen LogP contribution in [0.3, 0.4) is 0 Å². The molecule has 0 heterocycles. The SMILES string of the molecule is N[C@@H](c1c(Cl)ccc(Cl)c1Cl)C(F)(F)C(F)(F)F. The van der Waals surface area contributed by atoms with Crippen molar-refractivity contribution >= 4 is 34.8 Å². The van der Waals surface area contributed by atoms with E-state index in [9.17, 15) is 22.0 Å². The first-order chi connectivity index (χ1) is 8.00. The van der Waals surface area contributed by atoms with Gasteiger partial charge in [-0.15, -0.1) is 0 Å². The van der Waals surface area contributed by atoms with Crippen molar-refractivity contribution in [3.05, 3.63) is 32.8 Å². The van der Waals surface area contributed by atoms with Crippen LogP contribution in [0.1, 0.15) is 11.6 Å². The summed E-state index contributed by atoms with van der Waals surface area (Å²) in [4.78, 5) is 0. The van der Waals surface area contributed by atoms with Crippen LogP contribution in [0.2, 0.25) is 15.1 Å². The lowest BCUT2D eigenvalue weighted by molar-refractivity contribution is -0.290. The molecule has 0 saturated heterocycles. The fourth-order valence-corrected chi connectivity index (χ4v) is 1.96. The van der Waals surface area contributed by atoms with Gasteiger partial charge in [0.2, 0.25) is 0 Å². The molecule has 0 aromatic heterocycles. The normalized spacial score (nSPS) is 14.7. The van der Waals surface area contributed by atoms with Crippen molar-refractivity contribution in [2.45, 2.75) is 18.1 Å². The molecule has 0 aliphatic heterocycles. The molecular formula is C9H5Cl3F5N. The Morgan fingerprint density at radius 2 is 1.39 bits per heavy atom. The van der Waals surface area contributed by atoms with Gasteiger partial charge in [0, 0.05) is 10.6 Å². The maximum atomic E-state index is 13.1. The molecule has 0 amide bonds. The maximum Gasteiger partial charge on any atom is 0.455 e. The van der Waals surface area contributed by atoms with Gasteiger partial charge >= 0.3 is 12.1 Å². The summed E-state index contributed by atoms with van der Waals surface area (Å²) in [7, 11) is 0. The zero-order valence-corrected chi connectivity index (χ0v) is 10.6. The van der Waals surface area contributed by atoms with Crippen LogP contribution in [0.25, 0.3) is 0 Å². The molecule has 102 valence electrons. The number of benzene rings is 1. The van der Waals surface area contributed by atoms with E-state index in [1.54, 1.807) is 0 Å². The summed E-state index contributed by atoms with van der Waals surface area (Å²) in [5.74, 6) is -5.18. The summed E-state index contributed by atoms with van der Waals surface area (Å²) in [6.45, 7) is 0. The third kappa shape index (κ3) is 2.66.